The van der Waals surface area contributed by atoms with Crippen molar-refractivity contribution in [3.8, 4) is 0 Å². The summed E-state index contributed by atoms with van der Waals surface area (Å²) in [5.41, 5.74) is 0.322. The van der Waals surface area contributed by atoms with Crippen LogP contribution in [-0.2, 0) is 11.2 Å². The molecule has 1 aliphatic rings. The lowest BCUT2D eigenvalue weighted by Crippen LogP contribution is -2.12. The van der Waals surface area contributed by atoms with E-state index >= 15 is 0 Å². The molecule has 0 amide bonds. The van der Waals surface area contributed by atoms with Crippen molar-refractivity contribution in [3.63, 3.8) is 0 Å². The minimum absolute atomic E-state index is 0.0991. The molecule has 1 heterocycles. The lowest BCUT2D eigenvalue weighted by atomic mass is 9.88. The Morgan fingerprint density at radius 2 is 2.00 bits per heavy atom. The van der Waals surface area contributed by atoms with E-state index in [0.29, 0.717) is 43.0 Å². The molecule has 1 aromatic carbocycles. The van der Waals surface area contributed by atoms with E-state index in [1.54, 1.807) is 0 Å². The number of aromatic nitrogens is 2. The first-order chi connectivity index (χ1) is 10.1. The highest BCUT2D eigenvalue weighted by Gasteiger charge is 2.25. The third-order valence-corrected chi connectivity index (χ3v) is 3.74. The molecule has 0 unspecified atom stereocenters. The zero-order valence-electron chi connectivity index (χ0n) is 11.3. The van der Waals surface area contributed by atoms with Crippen LogP contribution in [0.25, 0.3) is 0 Å². The second-order valence-electron chi connectivity index (χ2n) is 5.27. The summed E-state index contributed by atoms with van der Waals surface area (Å²) in [6.45, 7) is 0. The van der Waals surface area contributed by atoms with Crippen molar-refractivity contribution in [2.75, 3.05) is 0 Å². The first kappa shape index (κ1) is 13.9. The number of nitrogens with zero attached hydrogens (tertiary/aromatic N) is 2. The molecule has 1 saturated carbocycles. The fourth-order valence-corrected chi connectivity index (χ4v) is 2.53. The van der Waals surface area contributed by atoms with E-state index in [0.717, 1.165) is 6.07 Å². The van der Waals surface area contributed by atoms with Gasteiger partial charge in [0.2, 0.25) is 5.89 Å². The summed E-state index contributed by atoms with van der Waals surface area (Å²) in [5.74, 6) is -0.00430. The summed E-state index contributed by atoms with van der Waals surface area (Å²) in [6.07, 6.45) is 2.65. The van der Waals surface area contributed by atoms with Crippen LogP contribution in [-0.4, -0.2) is 15.9 Å². The molecule has 1 aromatic heterocycles. The number of benzene rings is 1. The summed E-state index contributed by atoms with van der Waals surface area (Å²) < 4.78 is 31.6. The summed E-state index contributed by atoms with van der Waals surface area (Å²) >= 11 is 0. The Morgan fingerprint density at radius 3 is 2.71 bits per heavy atom. The molecule has 1 fully saturated rings. The topological polar surface area (TPSA) is 56.0 Å². The molecule has 110 valence electrons. The van der Waals surface area contributed by atoms with Crippen molar-refractivity contribution in [2.24, 2.45) is 0 Å². The molecule has 0 saturated heterocycles. The number of carbonyl (C=O) groups is 1. The minimum Gasteiger partial charge on any atom is -0.339 e. The van der Waals surface area contributed by atoms with Crippen LogP contribution in [0, 0.1) is 11.6 Å². The third-order valence-electron chi connectivity index (χ3n) is 3.74. The molecule has 6 heteroatoms. The van der Waals surface area contributed by atoms with Gasteiger partial charge in [0.1, 0.15) is 17.4 Å². The van der Waals surface area contributed by atoms with Gasteiger partial charge in [-0.05, 0) is 24.5 Å². The maximum Gasteiger partial charge on any atom is 0.229 e. The molecule has 2 aromatic rings. The Labute approximate surface area is 120 Å². The van der Waals surface area contributed by atoms with Crippen LogP contribution < -0.4 is 0 Å². The normalized spacial score (nSPS) is 16.4. The van der Waals surface area contributed by atoms with Crippen molar-refractivity contribution >= 4 is 5.78 Å². The monoisotopic (exact) mass is 292 g/mol. The number of hydrogen-bond acceptors (Lipinski definition) is 4. The molecule has 1 aliphatic carbocycles. The maximum absolute atomic E-state index is 13.6. The lowest BCUT2D eigenvalue weighted by molar-refractivity contribution is -0.120. The number of carbonyl (C=O) groups excluding carboxylic acids is 1. The van der Waals surface area contributed by atoms with Gasteiger partial charge in [0.15, 0.2) is 5.82 Å². The van der Waals surface area contributed by atoms with Gasteiger partial charge in [-0.3, -0.25) is 4.79 Å². The van der Waals surface area contributed by atoms with E-state index in [4.69, 9.17) is 4.52 Å². The van der Waals surface area contributed by atoms with Crippen molar-refractivity contribution < 1.29 is 18.1 Å². The van der Waals surface area contributed by atoms with Gasteiger partial charge in [-0.1, -0.05) is 11.2 Å². The van der Waals surface area contributed by atoms with Crippen molar-refractivity contribution in [3.05, 3.63) is 47.1 Å². The van der Waals surface area contributed by atoms with Crippen LogP contribution in [0.1, 0.15) is 48.9 Å². The molecule has 0 N–H and O–H groups in total. The SMILES string of the molecule is O=C1CCC(c2nc(Cc3ccc(F)cc3F)no2)CC1. The van der Waals surface area contributed by atoms with Crippen LogP contribution in [0.15, 0.2) is 22.7 Å². The highest BCUT2D eigenvalue weighted by atomic mass is 19.1. The molecule has 3 rings (SSSR count). The Morgan fingerprint density at radius 1 is 1.24 bits per heavy atom. The molecule has 0 radical (unpaired) electrons. The van der Waals surface area contributed by atoms with Gasteiger partial charge < -0.3 is 4.52 Å². The van der Waals surface area contributed by atoms with Gasteiger partial charge >= 0.3 is 0 Å². The number of ketones is 1. The van der Waals surface area contributed by atoms with Crippen LogP contribution in [0.4, 0.5) is 8.78 Å². The van der Waals surface area contributed by atoms with E-state index in [1.165, 1.54) is 12.1 Å². The molecule has 0 spiro atoms. The Bertz CT molecular complexity index is 659. The van der Waals surface area contributed by atoms with Gasteiger partial charge in [-0.2, -0.15) is 4.98 Å². The fraction of sp³-hybridized carbons (Fsp3) is 0.400. The molecular weight excluding hydrogens is 278 g/mol. The Balaban J connectivity index is 1.71. The quantitative estimate of drug-likeness (QED) is 0.872. The third kappa shape index (κ3) is 3.15. The van der Waals surface area contributed by atoms with Crippen LogP contribution in [0.5, 0.6) is 0 Å². The summed E-state index contributed by atoms with van der Waals surface area (Å²) in [5, 5.41) is 3.84. The smallest absolute Gasteiger partial charge is 0.229 e. The van der Waals surface area contributed by atoms with E-state index in [-0.39, 0.29) is 18.1 Å². The lowest BCUT2D eigenvalue weighted by Gasteiger charge is -2.16. The average Bonchev–Trinajstić information content (AvgIpc) is 2.91. The van der Waals surface area contributed by atoms with Gasteiger partial charge in [0, 0.05) is 31.2 Å². The second kappa shape index (κ2) is 5.71. The summed E-state index contributed by atoms with van der Waals surface area (Å²) in [6, 6.07) is 3.41. The van der Waals surface area contributed by atoms with Crippen molar-refractivity contribution in [1.82, 2.24) is 10.1 Å². The second-order valence-corrected chi connectivity index (χ2v) is 5.27. The van der Waals surface area contributed by atoms with Gasteiger partial charge in [0.05, 0.1) is 0 Å². The van der Waals surface area contributed by atoms with Crippen molar-refractivity contribution in [2.45, 2.75) is 38.0 Å². The first-order valence-electron chi connectivity index (χ1n) is 6.90. The molecule has 0 bridgehead atoms. The van der Waals surface area contributed by atoms with Crippen LogP contribution >= 0.6 is 0 Å². The molecule has 21 heavy (non-hydrogen) atoms. The van der Waals surface area contributed by atoms with Crippen LogP contribution in [0.3, 0.4) is 0 Å². The minimum atomic E-state index is -0.621. The van der Waals surface area contributed by atoms with E-state index in [2.05, 4.69) is 10.1 Å². The van der Waals surface area contributed by atoms with Gasteiger partial charge in [-0.15, -0.1) is 0 Å². The molecule has 0 atom stereocenters. The molecule has 4 nitrogen and oxygen atoms in total. The zero-order valence-corrected chi connectivity index (χ0v) is 11.3. The Hall–Kier alpha value is -2.11. The van der Waals surface area contributed by atoms with Gasteiger partial charge in [0.25, 0.3) is 0 Å². The number of rotatable bonds is 3. The highest BCUT2D eigenvalue weighted by Crippen LogP contribution is 2.30. The standard InChI is InChI=1S/C15H14F2N2O2/c16-11-4-1-10(13(17)8-11)7-14-18-15(21-19-14)9-2-5-12(20)6-3-9/h1,4,8-9H,2-3,5-7H2. The Kier molecular flexibility index (Phi) is 3.77. The van der Waals surface area contributed by atoms with Crippen molar-refractivity contribution in [1.29, 1.82) is 0 Å². The predicted octanol–water partition coefficient (Wildman–Crippen LogP) is 3.17. The predicted molar refractivity (Wildman–Crippen MR) is 69.7 cm³/mol. The van der Waals surface area contributed by atoms with Crippen LogP contribution in [0.2, 0.25) is 0 Å². The molecule has 0 aliphatic heterocycles. The highest BCUT2D eigenvalue weighted by molar-refractivity contribution is 5.79. The number of Topliss-reactive ketones (excluding diaryl/α,β-unsaturated/α-hetero) is 1. The van der Waals surface area contributed by atoms with E-state index in [1.807, 2.05) is 0 Å². The average molecular weight is 292 g/mol. The van der Waals surface area contributed by atoms with E-state index < -0.39 is 11.6 Å². The van der Waals surface area contributed by atoms with Gasteiger partial charge in [-0.25, -0.2) is 8.78 Å². The maximum atomic E-state index is 13.6. The molecular formula is C15H14F2N2O2. The zero-order chi connectivity index (χ0) is 14.8. The fourth-order valence-electron chi connectivity index (χ4n) is 2.53. The first-order valence-corrected chi connectivity index (χ1v) is 6.90. The number of hydrogen-bond donors (Lipinski definition) is 0. The summed E-state index contributed by atoms with van der Waals surface area (Å²) in [7, 11) is 0. The number of halogens is 2. The summed E-state index contributed by atoms with van der Waals surface area (Å²) in [4.78, 5) is 15.5. The largest absolute Gasteiger partial charge is 0.339 e. The van der Waals surface area contributed by atoms with E-state index in [9.17, 15) is 13.6 Å².